The van der Waals surface area contributed by atoms with Gasteiger partial charge in [0.2, 0.25) is 0 Å². The molecule has 1 amide bonds. The lowest BCUT2D eigenvalue weighted by molar-refractivity contribution is -0.124. The van der Waals surface area contributed by atoms with E-state index in [2.05, 4.69) is 10.3 Å². The molecule has 0 fully saturated rings. The summed E-state index contributed by atoms with van der Waals surface area (Å²) in [5.41, 5.74) is 1.24. The van der Waals surface area contributed by atoms with Crippen LogP contribution in [0.25, 0.3) is 11.1 Å². The zero-order valence-electron chi connectivity index (χ0n) is 18.4. The normalized spacial score (nSPS) is 11.6. The van der Waals surface area contributed by atoms with Crippen molar-refractivity contribution in [2.75, 3.05) is 19.0 Å². The summed E-state index contributed by atoms with van der Waals surface area (Å²) in [7, 11) is 1.19. The van der Waals surface area contributed by atoms with E-state index in [1.807, 2.05) is 0 Å². The molecule has 1 aromatic carbocycles. The molecule has 0 radical (unpaired) electrons. The third-order valence-electron chi connectivity index (χ3n) is 4.73. The molecule has 10 nitrogen and oxygen atoms in total. The van der Waals surface area contributed by atoms with Crippen LogP contribution in [-0.2, 0) is 19.0 Å². The molecule has 11 heteroatoms. The highest BCUT2D eigenvalue weighted by Crippen LogP contribution is 2.34. The van der Waals surface area contributed by atoms with E-state index in [9.17, 15) is 19.2 Å². The third-order valence-corrected chi connectivity index (χ3v) is 5.91. The van der Waals surface area contributed by atoms with Gasteiger partial charge in [0.05, 0.1) is 24.8 Å². The number of fused-ring (bicyclic) bond motifs is 1. The van der Waals surface area contributed by atoms with Gasteiger partial charge in [-0.3, -0.25) is 4.79 Å². The standard InChI is InChI=1S/C22H22N2O8S/c1-5-13(32-20(26)12-8-7-9-14-16(12)23-10-31-14)18(25)24-19-15(21(27)29-4)11(3)17(33-19)22(28)30-6-2/h7-10,13H,5-6H2,1-4H3,(H,24,25). The summed E-state index contributed by atoms with van der Waals surface area (Å²) in [4.78, 5) is 54.4. The summed E-state index contributed by atoms with van der Waals surface area (Å²) in [5, 5.41) is 2.68. The molecule has 2 aromatic heterocycles. The van der Waals surface area contributed by atoms with Gasteiger partial charge in [0.15, 0.2) is 18.1 Å². The molecule has 3 aromatic rings. The van der Waals surface area contributed by atoms with E-state index in [0.717, 1.165) is 11.3 Å². The maximum atomic E-state index is 12.9. The first-order valence-electron chi connectivity index (χ1n) is 10.0. The van der Waals surface area contributed by atoms with E-state index >= 15 is 0 Å². The number of amides is 1. The Morgan fingerprint density at radius 2 is 1.91 bits per heavy atom. The van der Waals surface area contributed by atoms with Gasteiger partial charge in [-0.2, -0.15) is 0 Å². The number of carbonyl (C=O) groups is 4. The zero-order chi connectivity index (χ0) is 24.1. The molecule has 1 N–H and O–H groups in total. The average molecular weight is 474 g/mol. The minimum Gasteiger partial charge on any atom is -0.465 e. The van der Waals surface area contributed by atoms with Crippen LogP contribution in [0, 0.1) is 6.92 Å². The van der Waals surface area contributed by atoms with Gasteiger partial charge in [-0.25, -0.2) is 19.4 Å². The maximum absolute atomic E-state index is 12.9. The summed E-state index contributed by atoms with van der Waals surface area (Å²) in [6, 6.07) is 4.78. The predicted molar refractivity (Wildman–Crippen MR) is 118 cm³/mol. The van der Waals surface area contributed by atoms with Gasteiger partial charge in [-0.1, -0.05) is 13.0 Å². The first-order valence-corrected chi connectivity index (χ1v) is 10.9. The van der Waals surface area contributed by atoms with Crippen molar-refractivity contribution in [1.82, 2.24) is 4.98 Å². The van der Waals surface area contributed by atoms with Crippen molar-refractivity contribution in [3.63, 3.8) is 0 Å². The predicted octanol–water partition coefficient (Wildman–Crippen LogP) is 3.74. The molecule has 33 heavy (non-hydrogen) atoms. The van der Waals surface area contributed by atoms with Crippen LogP contribution < -0.4 is 5.32 Å². The number of aromatic nitrogens is 1. The summed E-state index contributed by atoms with van der Waals surface area (Å²) in [6.45, 7) is 5.03. The van der Waals surface area contributed by atoms with Crippen molar-refractivity contribution in [3.05, 3.63) is 46.2 Å². The molecule has 0 saturated heterocycles. The minimum atomic E-state index is -1.17. The Kier molecular flexibility index (Phi) is 7.44. The molecular formula is C22H22N2O8S. The number of para-hydroxylation sites is 1. The number of carbonyl (C=O) groups excluding carboxylic acids is 4. The number of oxazole rings is 1. The zero-order valence-corrected chi connectivity index (χ0v) is 19.2. The second kappa shape index (κ2) is 10.3. The fraction of sp³-hybridized carbons (Fsp3) is 0.318. The summed E-state index contributed by atoms with van der Waals surface area (Å²) < 4.78 is 20.4. The maximum Gasteiger partial charge on any atom is 0.348 e. The molecule has 0 aliphatic carbocycles. The van der Waals surface area contributed by atoms with Crippen LogP contribution in [0.4, 0.5) is 5.00 Å². The van der Waals surface area contributed by atoms with Crippen molar-refractivity contribution in [2.24, 2.45) is 0 Å². The second-order valence-corrected chi connectivity index (χ2v) is 7.79. The topological polar surface area (TPSA) is 134 Å². The second-order valence-electron chi connectivity index (χ2n) is 6.77. The van der Waals surface area contributed by atoms with Gasteiger partial charge in [0.25, 0.3) is 5.91 Å². The van der Waals surface area contributed by atoms with Gasteiger partial charge < -0.3 is 23.9 Å². The number of esters is 3. The largest absolute Gasteiger partial charge is 0.465 e. The van der Waals surface area contributed by atoms with E-state index in [-0.39, 0.29) is 34.0 Å². The number of rotatable bonds is 8. The molecule has 0 aliphatic rings. The highest BCUT2D eigenvalue weighted by Gasteiger charge is 2.30. The monoisotopic (exact) mass is 474 g/mol. The van der Waals surface area contributed by atoms with Crippen molar-refractivity contribution in [1.29, 1.82) is 0 Å². The molecule has 0 bridgehead atoms. The fourth-order valence-corrected chi connectivity index (χ4v) is 4.19. The molecule has 0 saturated carbocycles. The van der Waals surface area contributed by atoms with E-state index < -0.39 is 29.9 Å². The number of hydrogen-bond donors (Lipinski definition) is 1. The number of hydrogen-bond acceptors (Lipinski definition) is 10. The Labute approximate surface area is 192 Å². The average Bonchev–Trinajstić information content (AvgIpc) is 3.41. The SMILES string of the molecule is CCOC(=O)c1sc(NC(=O)C(CC)OC(=O)c2cccc3ocnc23)c(C(=O)OC)c1C. The van der Waals surface area contributed by atoms with Crippen LogP contribution in [0.3, 0.4) is 0 Å². The summed E-state index contributed by atoms with van der Waals surface area (Å²) in [5.74, 6) is -2.76. The van der Waals surface area contributed by atoms with Gasteiger partial charge in [0.1, 0.15) is 15.4 Å². The van der Waals surface area contributed by atoms with Crippen molar-refractivity contribution >= 4 is 51.3 Å². The van der Waals surface area contributed by atoms with Crippen LogP contribution in [0.15, 0.2) is 29.0 Å². The summed E-state index contributed by atoms with van der Waals surface area (Å²) >= 11 is 0.882. The summed E-state index contributed by atoms with van der Waals surface area (Å²) in [6.07, 6.45) is 0.202. The van der Waals surface area contributed by atoms with Crippen LogP contribution in [0.1, 0.15) is 56.2 Å². The number of ether oxygens (including phenoxy) is 3. The fourth-order valence-electron chi connectivity index (χ4n) is 3.10. The van der Waals surface area contributed by atoms with Crippen LogP contribution in [0.2, 0.25) is 0 Å². The van der Waals surface area contributed by atoms with Gasteiger partial charge in [0, 0.05) is 0 Å². The first kappa shape index (κ1) is 23.9. The van der Waals surface area contributed by atoms with Crippen LogP contribution in [0.5, 0.6) is 0 Å². The number of thiophene rings is 1. The Morgan fingerprint density at radius 3 is 2.58 bits per heavy atom. The number of benzene rings is 1. The third kappa shape index (κ3) is 4.87. The smallest absolute Gasteiger partial charge is 0.348 e. The van der Waals surface area contributed by atoms with E-state index in [0.29, 0.717) is 16.7 Å². The van der Waals surface area contributed by atoms with Gasteiger partial charge in [-0.05, 0) is 38.0 Å². The molecule has 3 rings (SSSR count). The molecule has 2 heterocycles. The number of nitrogens with zero attached hydrogens (tertiary/aromatic N) is 1. The Morgan fingerprint density at radius 1 is 1.15 bits per heavy atom. The van der Waals surface area contributed by atoms with E-state index in [1.54, 1.807) is 32.9 Å². The highest BCUT2D eigenvalue weighted by molar-refractivity contribution is 7.18. The molecule has 174 valence electrons. The number of nitrogens with one attached hydrogen (secondary N) is 1. The quantitative estimate of drug-likeness (QED) is 0.383. The van der Waals surface area contributed by atoms with E-state index in [1.165, 1.54) is 19.6 Å². The molecule has 0 spiro atoms. The lowest BCUT2D eigenvalue weighted by Crippen LogP contribution is -2.32. The molecular weight excluding hydrogens is 452 g/mol. The first-order chi connectivity index (χ1) is 15.8. The lowest BCUT2D eigenvalue weighted by Gasteiger charge is -2.16. The van der Waals surface area contributed by atoms with Gasteiger partial charge in [-0.15, -0.1) is 11.3 Å². The van der Waals surface area contributed by atoms with E-state index in [4.69, 9.17) is 18.6 Å². The number of anilines is 1. The van der Waals surface area contributed by atoms with Crippen LogP contribution in [-0.4, -0.2) is 48.6 Å². The lowest BCUT2D eigenvalue weighted by atomic mass is 10.1. The highest BCUT2D eigenvalue weighted by atomic mass is 32.1. The van der Waals surface area contributed by atoms with Crippen molar-refractivity contribution < 1.29 is 37.8 Å². The Balaban J connectivity index is 1.84. The Hall–Kier alpha value is -3.73. The number of methoxy groups -OCH3 is 1. The van der Waals surface area contributed by atoms with Gasteiger partial charge >= 0.3 is 17.9 Å². The molecule has 0 aliphatic heterocycles. The molecule has 1 atom stereocenters. The van der Waals surface area contributed by atoms with Crippen molar-refractivity contribution in [3.8, 4) is 0 Å². The van der Waals surface area contributed by atoms with Crippen LogP contribution >= 0.6 is 11.3 Å². The minimum absolute atomic E-state index is 0.0347. The van der Waals surface area contributed by atoms with Crippen molar-refractivity contribution in [2.45, 2.75) is 33.3 Å². The Bertz CT molecular complexity index is 1210. The molecule has 1 unspecified atom stereocenters.